The summed E-state index contributed by atoms with van der Waals surface area (Å²) in [5.41, 5.74) is 1.85. The Morgan fingerprint density at radius 1 is 1.19 bits per heavy atom. The predicted octanol–water partition coefficient (Wildman–Crippen LogP) is 2.09. The highest BCUT2D eigenvalue weighted by atomic mass is 16.5. The molecule has 0 saturated carbocycles. The summed E-state index contributed by atoms with van der Waals surface area (Å²) in [5.74, 6) is 0.859. The van der Waals surface area contributed by atoms with Crippen LogP contribution in [-0.4, -0.2) is 13.0 Å². The Morgan fingerprint density at radius 3 is 2.88 bits per heavy atom. The zero-order valence-electron chi connectivity index (χ0n) is 8.91. The van der Waals surface area contributed by atoms with Crippen molar-refractivity contribution < 1.29 is 9.53 Å². The summed E-state index contributed by atoms with van der Waals surface area (Å²) < 4.78 is 5.18. The predicted molar refractivity (Wildman–Crippen MR) is 61.7 cm³/mol. The summed E-state index contributed by atoms with van der Waals surface area (Å²) in [4.78, 5) is 11.5. The van der Waals surface area contributed by atoms with Crippen LogP contribution in [0.5, 0.6) is 5.75 Å². The molecular formula is C13H11NO2. The van der Waals surface area contributed by atoms with E-state index in [1.807, 2.05) is 30.3 Å². The fourth-order valence-electron chi connectivity index (χ4n) is 2.08. The number of methoxy groups -OCH3 is 1. The van der Waals surface area contributed by atoms with Crippen molar-refractivity contribution in [1.29, 1.82) is 0 Å². The molecule has 0 atom stereocenters. The maximum absolute atomic E-state index is 11.5. The largest absolute Gasteiger partial charge is 0.497 e. The van der Waals surface area contributed by atoms with Crippen LogP contribution in [0.2, 0.25) is 0 Å². The highest BCUT2D eigenvalue weighted by Gasteiger charge is 2.18. The fourth-order valence-corrected chi connectivity index (χ4v) is 2.08. The third-order valence-electron chi connectivity index (χ3n) is 2.95. The van der Waals surface area contributed by atoms with Gasteiger partial charge in [-0.25, -0.2) is 0 Å². The van der Waals surface area contributed by atoms with Crippen LogP contribution in [0, 0.1) is 0 Å². The second kappa shape index (κ2) is 3.23. The Morgan fingerprint density at radius 2 is 2.06 bits per heavy atom. The van der Waals surface area contributed by atoms with Gasteiger partial charge in [0.05, 0.1) is 7.11 Å². The second-order valence-corrected chi connectivity index (χ2v) is 3.91. The molecule has 3 heteroatoms. The van der Waals surface area contributed by atoms with E-state index in [4.69, 9.17) is 4.74 Å². The number of nitrogens with one attached hydrogen (secondary N) is 1. The van der Waals surface area contributed by atoms with E-state index in [-0.39, 0.29) is 5.91 Å². The summed E-state index contributed by atoms with van der Waals surface area (Å²) in [5, 5.41) is 4.99. The number of hydrogen-bond acceptors (Lipinski definition) is 2. The molecule has 0 saturated heterocycles. The maximum atomic E-state index is 11.5. The third-order valence-corrected chi connectivity index (χ3v) is 2.95. The van der Waals surface area contributed by atoms with Crippen LogP contribution >= 0.6 is 0 Å². The van der Waals surface area contributed by atoms with E-state index in [0.717, 1.165) is 27.6 Å². The smallest absolute Gasteiger partial charge is 0.251 e. The van der Waals surface area contributed by atoms with Gasteiger partial charge in [-0.3, -0.25) is 4.79 Å². The van der Waals surface area contributed by atoms with E-state index in [2.05, 4.69) is 5.32 Å². The minimum Gasteiger partial charge on any atom is -0.497 e. The van der Waals surface area contributed by atoms with Crippen molar-refractivity contribution in [3.05, 3.63) is 41.5 Å². The van der Waals surface area contributed by atoms with Crippen LogP contribution < -0.4 is 10.1 Å². The van der Waals surface area contributed by atoms with Gasteiger partial charge >= 0.3 is 0 Å². The van der Waals surface area contributed by atoms with Crippen molar-refractivity contribution in [2.24, 2.45) is 0 Å². The summed E-state index contributed by atoms with van der Waals surface area (Å²) in [6.45, 7) is 0.626. The highest BCUT2D eigenvalue weighted by molar-refractivity contribution is 6.02. The Hall–Kier alpha value is -2.03. The van der Waals surface area contributed by atoms with Crippen molar-refractivity contribution in [3.8, 4) is 5.75 Å². The molecule has 0 fully saturated rings. The minimum atomic E-state index is 0.0210. The Labute approximate surface area is 93.0 Å². The number of fused-ring (bicyclic) bond motifs is 2. The zero-order valence-corrected chi connectivity index (χ0v) is 8.91. The molecule has 1 heterocycles. The van der Waals surface area contributed by atoms with Crippen LogP contribution in [0.25, 0.3) is 10.8 Å². The summed E-state index contributed by atoms with van der Waals surface area (Å²) in [7, 11) is 1.65. The van der Waals surface area contributed by atoms with E-state index in [1.165, 1.54) is 0 Å². The quantitative estimate of drug-likeness (QED) is 0.787. The van der Waals surface area contributed by atoms with Crippen LogP contribution in [0.1, 0.15) is 15.9 Å². The number of amides is 1. The SMILES string of the molecule is COc1ccc2cc3c(cc2c1)CNC3=O. The summed E-state index contributed by atoms with van der Waals surface area (Å²) >= 11 is 0. The number of rotatable bonds is 1. The van der Waals surface area contributed by atoms with Gasteiger partial charge < -0.3 is 10.1 Å². The molecule has 1 N–H and O–H groups in total. The number of benzene rings is 2. The van der Waals surface area contributed by atoms with Crippen LogP contribution in [0.15, 0.2) is 30.3 Å². The van der Waals surface area contributed by atoms with Gasteiger partial charge in [0, 0.05) is 12.1 Å². The highest BCUT2D eigenvalue weighted by Crippen LogP contribution is 2.26. The van der Waals surface area contributed by atoms with Gasteiger partial charge in [-0.2, -0.15) is 0 Å². The molecule has 80 valence electrons. The molecule has 3 rings (SSSR count). The van der Waals surface area contributed by atoms with Crippen molar-refractivity contribution in [3.63, 3.8) is 0 Å². The third kappa shape index (κ3) is 1.25. The van der Waals surface area contributed by atoms with E-state index >= 15 is 0 Å². The maximum Gasteiger partial charge on any atom is 0.251 e. The number of carbonyl (C=O) groups excluding carboxylic acids is 1. The minimum absolute atomic E-state index is 0.0210. The van der Waals surface area contributed by atoms with Gasteiger partial charge in [-0.15, -0.1) is 0 Å². The van der Waals surface area contributed by atoms with Crippen molar-refractivity contribution >= 4 is 16.7 Å². The lowest BCUT2D eigenvalue weighted by molar-refractivity contribution is 0.0966. The van der Waals surface area contributed by atoms with Crippen molar-refractivity contribution in [2.75, 3.05) is 7.11 Å². The lowest BCUT2D eigenvalue weighted by Crippen LogP contribution is -2.12. The van der Waals surface area contributed by atoms with Crippen molar-refractivity contribution in [1.82, 2.24) is 5.32 Å². The van der Waals surface area contributed by atoms with Gasteiger partial charge in [-0.05, 0) is 40.6 Å². The van der Waals surface area contributed by atoms with Crippen molar-refractivity contribution in [2.45, 2.75) is 6.54 Å². The monoisotopic (exact) mass is 213 g/mol. The van der Waals surface area contributed by atoms with E-state index in [1.54, 1.807) is 7.11 Å². The first-order chi connectivity index (χ1) is 7.78. The molecule has 16 heavy (non-hydrogen) atoms. The van der Waals surface area contributed by atoms with Gasteiger partial charge in [0.1, 0.15) is 5.75 Å². The van der Waals surface area contributed by atoms with Crippen LogP contribution in [0.4, 0.5) is 0 Å². The first-order valence-corrected chi connectivity index (χ1v) is 5.17. The first kappa shape index (κ1) is 9.21. The Balaban J connectivity index is 2.26. The molecule has 0 spiro atoms. The lowest BCUT2D eigenvalue weighted by atomic mass is 10.0. The first-order valence-electron chi connectivity index (χ1n) is 5.17. The zero-order chi connectivity index (χ0) is 11.1. The van der Waals surface area contributed by atoms with E-state index < -0.39 is 0 Å². The average molecular weight is 213 g/mol. The molecule has 0 unspecified atom stereocenters. The Bertz CT molecular complexity index is 590. The molecule has 2 aromatic carbocycles. The number of hydrogen-bond donors (Lipinski definition) is 1. The van der Waals surface area contributed by atoms with Gasteiger partial charge in [-0.1, -0.05) is 6.07 Å². The molecule has 0 bridgehead atoms. The molecule has 1 aliphatic rings. The molecule has 0 radical (unpaired) electrons. The topological polar surface area (TPSA) is 38.3 Å². The van der Waals surface area contributed by atoms with Gasteiger partial charge in [0.25, 0.3) is 5.91 Å². The van der Waals surface area contributed by atoms with Gasteiger partial charge in [0.2, 0.25) is 0 Å². The van der Waals surface area contributed by atoms with Crippen LogP contribution in [0.3, 0.4) is 0 Å². The fraction of sp³-hybridized carbons (Fsp3) is 0.154. The second-order valence-electron chi connectivity index (χ2n) is 3.91. The lowest BCUT2D eigenvalue weighted by Gasteiger charge is -2.04. The molecule has 0 aliphatic carbocycles. The Kier molecular flexibility index (Phi) is 1.86. The molecule has 0 aromatic heterocycles. The summed E-state index contributed by atoms with van der Waals surface area (Å²) in [6.07, 6.45) is 0. The standard InChI is InChI=1S/C13H11NO2/c1-16-11-3-2-8-6-12-10(4-9(8)5-11)7-14-13(12)15/h2-6H,7H2,1H3,(H,14,15). The number of carbonyl (C=O) groups is 1. The van der Waals surface area contributed by atoms with E-state index in [0.29, 0.717) is 6.54 Å². The molecule has 1 amide bonds. The summed E-state index contributed by atoms with van der Waals surface area (Å²) in [6, 6.07) is 9.84. The molecule has 3 nitrogen and oxygen atoms in total. The van der Waals surface area contributed by atoms with Gasteiger partial charge in [0.15, 0.2) is 0 Å². The molecule has 1 aliphatic heterocycles. The normalized spacial score (nSPS) is 13.7. The molecule has 2 aromatic rings. The van der Waals surface area contributed by atoms with Crippen LogP contribution in [-0.2, 0) is 6.54 Å². The van der Waals surface area contributed by atoms with E-state index in [9.17, 15) is 4.79 Å². The number of ether oxygens (including phenoxy) is 1. The molecular weight excluding hydrogens is 202 g/mol. The average Bonchev–Trinajstić information content (AvgIpc) is 2.67.